The average Bonchev–Trinajstić information content (AvgIpc) is 2.74. The normalized spacial score (nSPS) is 12.4. The van der Waals surface area contributed by atoms with Crippen molar-refractivity contribution in [3.05, 3.63) is 11.1 Å². The Kier molecular flexibility index (Phi) is 5.08. The van der Waals surface area contributed by atoms with E-state index >= 15 is 0 Å². The van der Waals surface area contributed by atoms with Crippen LogP contribution in [0.25, 0.3) is 0 Å². The van der Waals surface area contributed by atoms with Crippen LogP contribution in [-0.4, -0.2) is 41.2 Å². The van der Waals surface area contributed by atoms with E-state index in [-0.39, 0.29) is 0 Å². The smallest absolute Gasteiger partial charge is 0.347 e. The SMILES string of the molecule is CSCCC(C)N(C)c1ncc(C(=O)O)s1. The number of carbonyl (C=O) groups is 1. The monoisotopic (exact) mass is 260 g/mol. The minimum atomic E-state index is -0.908. The molecule has 1 heterocycles. The van der Waals surface area contributed by atoms with E-state index in [1.807, 2.05) is 23.7 Å². The average molecular weight is 260 g/mol. The fraction of sp³-hybridized carbons (Fsp3) is 0.600. The van der Waals surface area contributed by atoms with Crippen LogP contribution in [-0.2, 0) is 0 Å². The van der Waals surface area contributed by atoms with Gasteiger partial charge in [0.15, 0.2) is 5.13 Å². The zero-order valence-corrected chi connectivity index (χ0v) is 11.3. The summed E-state index contributed by atoms with van der Waals surface area (Å²) in [5.74, 6) is 0.191. The summed E-state index contributed by atoms with van der Waals surface area (Å²) < 4.78 is 0. The van der Waals surface area contributed by atoms with Gasteiger partial charge in [0, 0.05) is 13.1 Å². The van der Waals surface area contributed by atoms with Gasteiger partial charge in [0.25, 0.3) is 0 Å². The van der Waals surface area contributed by atoms with Gasteiger partial charge in [0.05, 0.1) is 6.20 Å². The lowest BCUT2D eigenvalue weighted by Gasteiger charge is -2.23. The Balaban J connectivity index is 2.64. The zero-order chi connectivity index (χ0) is 12.1. The fourth-order valence-corrected chi connectivity index (χ4v) is 2.59. The van der Waals surface area contributed by atoms with Gasteiger partial charge in [-0.15, -0.1) is 0 Å². The van der Waals surface area contributed by atoms with E-state index < -0.39 is 5.97 Å². The van der Waals surface area contributed by atoms with Gasteiger partial charge in [0.2, 0.25) is 0 Å². The van der Waals surface area contributed by atoms with Crippen LogP contribution in [0.5, 0.6) is 0 Å². The highest BCUT2D eigenvalue weighted by Crippen LogP contribution is 2.24. The molecule has 1 N–H and O–H groups in total. The standard InChI is InChI=1S/C10H16N2O2S2/c1-7(4-5-15-3)12(2)10-11-6-8(16-10)9(13)14/h6-7H,4-5H2,1-3H3,(H,13,14). The lowest BCUT2D eigenvalue weighted by molar-refractivity contribution is 0.0702. The van der Waals surface area contributed by atoms with Crippen molar-refractivity contribution in [2.24, 2.45) is 0 Å². The lowest BCUT2D eigenvalue weighted by Crippen LogP contribution is -2.29. The van der Waals surface area contributed by atoms with Gasteiger partial charge in [-0.05, 0) is 25.4 Å². The second kappa shape index (κ2) is 6.10. The molecule has 0 aliphatic carbocycles. The van der Waals surface area contributed by atoms with Crippen molar-refractivity contribution in [3.63, 3.8) is 0 Å². The minimum Gasteiger partial charge on any atom is -0.477 e. The predicted octanol–water partition coefficient (Wildman–Crippen LogP) is 2.42. The molecule has 4 nitrogen and oxygen atoms in total. The highest BCUT2D eigenvalue weighted by Gasteiger charge is 2.15. The van der Waals surface area contributed by atoms with Gasteiger partial charge in [-0.25, -0.2) is 9.78 Å². The van der Waals surface area contributed by atoms with Gasteiger partial charge in [-0.3, -0.25) is 0 Å². The Morgan fingerprint density at radius 3 is 2.94 bits per heavy atom. The maximum absolute atomic E-state index is 10.7. The number of thioether (sulfide) groups is 1. The number of anilines is 1. The van der Waals surface area contributed by atoms with Crippen molar-refractivity contribution in [2.45, 2.75) is 19.4 Å². The summed E-state index contributed by atoms with van der Waals surface area (Å²) in [6.45, 7) is 2.12. The van der Waals surface area contributed by atoms with Crippen LogP contribution in [0, 0.1) is 0 Å². The number of hydrogen-bond donors (Lipinski definition) is 1. The summed E-state index contributed by atoms with van der Waals surface area (Å²) in [5, 5.41) is 9.58. The number of carboxylic acids is 1. The number of thiazole rings is 1. The molecule has 0 aliphatic heterocycles. The van der Waals surface area contributed by atoms with E-state index in [1.165, 1.54) is 17.5 Å². The Morgan fingerprint density at radius 2 is 2.44 bits per heavy atom. The molecule has 0 aliphatic rings. The molecule has 0 amide bonds. The molecule has 0 saturated heterocycles. The molecule has 0 bridgehead atoms. The fourth-order valence-electron chi connectivity index (χ4n) is 1.20. The van der Waals surface area contributed by atoms with Crippen molar-refractivity contribution in [3.8, 4) is 0 Å². The third kappa shape index (κ3) is 3.38. The van der Waals surface area contributed by atoms with Gasteiger partial charge in [-0.1, -0.05) is 11.3 Å². The van der Waals surface area contributed by atoms with Crippen molar-refractivity contribution < 1.29 is 9.90 Å². The van der Waals surface area contributed by atoms with E-state index in [0.29, 0.717) is 10.9 Å². The molecule has 1 unspecified atom stereocenters. The summed E-state index contributed by atoms with van der Waals surface area (Å²) in [4.78, 5) is 17.2. The van der Waals surface area contributed by atoms with Crippen molar-refractivity contribution in [2.75, 3.05) is 24.0 Å². The van der Waals surface area contributed by atoms with Crippen LogP contribution >= 0.6 is 23.1 Å². The first kappa shape index (κ1) is 13.3. The lowest BCUT2D eigenvalue weighted by atomic mass is 10.2. The van der Waals surface area contributed by atoms with Gasteiger partial charge in [0.1, 0.15) is 4.88 Å². The predicted molar refractivity (Wildman–Crippen MR) is 69.9 cm³/mol. The molecule has 0 radical (unpaired) electrons. The molecule has 0 fully saturated rings. The second-order valence-corrected chi connectivity index (χ2v) is 5.55. The zero-order valence-electron chi connectivity index (χ0n) is 9.64. The number of aromatic nitrogens is 1. The van der Waals surface area contributed by atoms with Crippen LogP contribution in [0.2, 0.25) is 0 Å². The second-order valence-electron chi connectivity index (χ2n) is 3.55. The van der Waals surface area contributed by atoms with E-state index in [0.717, 1.165) is 17.3 Å². The molecule has 1 aromatic rings. The Hall–Kier alpha value is -0.750. The quantitative estimate of drug-likeness (QED) is 0.851. The van der Waals surface area contributed by atoms with E-state index in [2.05, 4.69) is 18.2 Å². The Bertz CT molecular complexity index is 354. The number of carboxylic acid groups (broad SMARTS) is 1. The molecule has 90 valence electrons. The third-order valence-corrected chi connectivity index (χ3v) is 4.13. The number of rotatable bonds is 6. The first-order chi connectivity index (χ1) is 7.56. The molecule has 0 aromatic carbocycles. The molecule has 1 aromatic heterocycles. The molecule has 6 heteroatoms. The minimum absolute atomic E-state index is 0.291. The summed E-state index contributed by atoms with van der Waals surface area (Å²) in [6.07, 6.45) is 4.57. The van der Waals surface area contributed by atoms with Crippen LogP contribution in [0.4, 0.5) is 5.13 Å². The molecule has 1 rings (SSSR count). The Morgan fingerprint density at radius 1 is 1.75 bits per heavy atom. The third-order valence-electron chi connectivity index (χ3n) is 2.41. The number of nitrogens with zero attached hydrogens (tertiary/aromatic N) is 2. The van der Waals surface area contributed by atoms with Crippen LogP contribution in [0.15, 0.2) is 6.20 Å². The number of hydrogen-bond acceptors (Lipinski definition) is 5. The van der Waals surface area contributed by atoms with E-state index in [1.54, 1.807) is 0 Å². The maximum atomic E-state index is 10.7. The summed E-state index contributed by atoms with van der Waals surface area (Å²) in [7, 11) is 1.95. The molecule has 1 atom stereocenters. The van der Waals surface area contributed by atoms with Gasteiger partial charge >= 0.3 is 5.97 Å². The molecular weight excluding hydrogens is 244 g/mol. The molecular formula is C10H16N2O2S2. The maximum Gasteiger partial charge on any atom is 0.347 e. The van der Waals surface area contributed by atoms with Crippen molar-refractivity contribution in [1.82, 2.24) is 4.98 Å². The van der Waals surface area contributed by atoms with Gasteiger partial charge in [-0.2, -0.15) is 11.8 Å². The molecule has 0 spiro atoms. The largest absolute Gasteiger partial charge is 0.477 e. The van der Waals surface area contributed by atoms with E-state index in [4.69, 9.17) is 5.11 Å². The topological polar surface area (TPSA) is 53.4 Å². The first-order valence-corrected chi connectivity index (χ1v) is 7.18. The highest BCUT2D eigenvalue weighted by molar-refractivity contribution is 7.98. The summed E-state index contributed by atoms with van der Waals surface area (Å²) >= 11 is 3.03. The van der Waals surface area contributed by atoms with Crippen LogP contribution < -0.4 is 4.90 Å². The number of aromatic carboxylic acids is 1. The first-order valence-electron chi connectivity index (χ1n) is 4.97. The van der Waals surface area contributed by atoms with E-state index in [9.17, 15) is 4.79 Å². The molecule has 16 heavy (non-hydrogen) atoms. The van der Waals surface area contributed by atoms with Crippen LogP contribution in [0.3, 0.4) is 0 Å². The molecule has 0 saturated carbocycles. The van der Waals surface area contributed by atoms with Gasteiger partial charge < -0.3 is 10.0 Å². The summed E-state index contributed by atoms with van der Waals surface area (Å²) in [6, 6.07) is 0.375. The highest BCUT2D eigenvalue weighted by atomic mass is 32.2. The summed E-state index contributed by atoms with van der Waals surface area (Å²) in [5.41, 5.74) is 0. The Labute approximate surface area is 104 Å². The van der Waals surface area contributed by atoms with Crippen LogP contribution in [0.1, 0.15) is 23.0 Å². The van der Waals surface area contributed by atoms with Crippen molar-refractivity contribution in [1.29, 1.82) is 0 Å². The van der Waals surface area contributed by atoms with Crippen molar-refractivity contribution >= 4 is 34.2 Å².